The monoisotopic (exact) mass is 724 g/mol. The first-order chi connectivity index (χ1) is 24.4. The van der Waals surface area contributed by atoms with Crippen molar-refractivity contribution in [2.24, 2.45) is 23.2 Å². The van der Waals surface area contributed by atoms with E-state index in [2.05, 4.69) is 21.3 Å². The maximum atomic E-state index is 14.3. The van der Waals surface area contributed by atoms with E-state index in [1.807, 2.05) is 20.8 Å². The Kier molecular flexibility index (Phi) is 12.7. The van der Waals surface area contributed by atoms with Gasteiger partial charge in [0.25, 0.3) is 5.91 Å². The molecule has 0 bridgehead atoms. The summed E-state index contributed by atoms with van der Waals surface area (Å²) in [6, 6.07) is 4.68. The summed E-state index contributed by atoms with van der Waals surface area (Å²) in [5, 5.41) is 10.5. The summed E-state index contributed by atoms with van der Waals surface area (Å²) in [6.45, 7) is 10.9. The predicted molar refractivity (Wildman–Crippen MR) is 192 cm³/mol. The molecule has 1 aromatic rings. The molecular formula is C38H56N6O8. The van der Waals surface area contributed by atoms with E-state index in [-0.39, 0.29) is 41.4 Å². The van der Waals surface area contributed by atoms with Crippen molar-refractivity contribution in [1.82, 2.24) is 31.1 Å². The molecule has 1 saturated heterocycles. The predicted octanol–water partition coefficient (Wildman–Crippen LogP) is 2.47. The number of likely N-dealkylation sites (tertiary alicyclic amines) is 1. The van der Waals surface area contributed by atoms with Crippen molar-refractivity contribution in [3.8, 4) is 0 Å². The van der Waals surface area contributed by atoms with Crippen molar-refractivity contribution in [2.75, 3.05) is 27.2 Å². The summed E-state index contributed by atoms with van der Waals surface area (Å²) in [5.41, 5.74) is -0.430. The van der Waals surface area contributed by atoms with Crippen LogP contribution in [-0.4, -0.2) is 102 Å². The van der Waals surface area contributed by atoms with Gasteiger partial charge >= 0.3 is 6.09 Å². The number of piperidine rings is 1. The zero-order valence-corrected chi connectivity index (χ0v) is 31.7. The molecule has 1 heterocycles. The average Bonchev–Trinajstić information content (AvgIpc) is 3.52. The third-order valence-corrected chi connectivity index (χ3v) is 10.5. The molecule has 1 aromatic carbocycles. The molecule has 0 radical (unpaired) electrons. The van der Waals surface area contributed by atoms with Gasteiger partial charge in [-0.2, -0.15) is 0 Å². The lowest BCUT2D eigenvalue weighted by atomic mass is 9.94. The molecule has 14 nitrogen and oxygen atoms in total. The first-order valence-corrected chi connectivity index (χ1v) is 18.3. The summed E-state index contributed by atoms with van der Waals surface area (Å²) in [4.78, 5) is 96.3. The van der Waals surface area contributed by atoms with Gasteiger partial charge in [-0.25, -0.2) is 4.79 Å². The van der Waals surface area contributed by atoms with Crippen LogP contribution in [-0.2, 0) is 33.5 Å². The standard InChI is InChI=1S/C38H56N6O8/c1-9-15-25(31(46)33(48)39-20-26(45)41-28(34(49)43(7)8)22-16-11-10-12-17-22)40-32(47)30-27-24(38(27,5)6)21-44(30)35(50)29(23-18-13-14-19-23)42-36(51)52-37(2,3)4/h10-12,16-17,23-25,27-30H,9,13-15,18-21H2,1-8H3,(H,39,48)(H,40,47)(H,41,45)(H,42,51)/t24?,25?,27?,28-,29-,30?/m0/s1. The lowest BCUT2D eigenvalue weighted by Crippen LogP contribution is -2.59. The molecule has 0 spiro atoms. The fraction of sp³-hybridized carbons (Fsp3) is 0.658. The van der Waals surface area contributed by atoms with Crippen molar-refractivity contribution in [2.45, 2.75) is 110 Å². The number of ketones is 1. The number of ether oxygens (including phenoxy) is 1. The zero-order valence-electron chi connectivity index (χ0n) is 31.7. The number of carbonyl (C=O) groups excluding carboxylic acids is 7. The molecule has 2 saturated carbocycles. The topological polar surface area (TPSA) is 183 Å². The van der Waals surface area contributed by atoms with Crippen LogP contribution in [0.5, 0.6) is 0 Å². The van der Waals surface area contributed by atoms with E-state index in [1.54, 1.807) is 65.2 Å². The average molecular weight is 725 g/mol. The highest BCUT2D eigenvalue weighted by Crippen LogP contribution is 2.65. The fourth-order valence-corrected chi connectivity index (χ4v) is 7.72. The van der Waals surface area contributed by atoms with E-state index in [0.717, 1.165) is 25.7 Å². The Morgan fingerprint density at radius 3 is 2.17 bits per heavy atom. The summed E-state index contributed by atoms with van der Waals surface area (Å²) in [6.07, 6.45) is 3.29. The molecular weight excluding hydrogens is 668 g/mol. The number of likely N-dealkylation sites (N-methyl/N-ethyl adjacent to an activating group) is 1. The third kappa shape index (κ3) is 9.48. The van der Waals surface area contributed by atoms with Gasteiger partial charge in [0.2, 0.25) is 29.4 Å². The number of hydrogen-bond acceptors (Lipinski definition) is 8. The highest BCUT2D eigenvalue weighted by atomic mass is 16.6. The molecule has 2 aliphatic carbocycles. The smallest absolute Gasteiger partial charge is 0.408 e. The molecule has 52 heavy (non-hydrogen) atoms. The number of alkyl carbamates (subject to hydrolysis) is 1. The van der Waals surface area contributed by atoms with Crippen molar-refractivity contribution >= 4 is 41.4 Å². The molecule has 0 aromatic heterocycles. The number of fused-ring (bicyclic) bond motifs is 1. The van der Waals surface area contributed by atoms with E-state index >= 15 is 0 Å². The van der Waals surface area contributed by atoms with Crippen LogP contribution in [0.4, 0.5) is 4.79 Å². The molecule has 14 heteroatoms. The number of benzene rings is 1. The van der Waals surface area contributed by atoms with Crippen LogP contribution in [0, 0.1) is 23.2 Å². The Hall–Kier alpha value is -4.49. The lowest BCUT2D eigenvalue weighted by molar-refractivity contribution is -0.145. The maximum Gasteiger partial charge on any atom is 0.408 e. The van der Waals surface area contributed by atoms with E-state index in [1.165, 1.54) is 9.80 Å². The van der Waals surface area contributed by atoms with Crippen LogP contribution in [0.2, 0.25) is 0 Å². The fourth-order valence-electron chi connectivity index (χ4n) is 7.72. The van der Waals surface area contributed by atoms with Gasteiger partial charge in [0, 0.05) is 20.6 Å². The number of rotatable bonds is 14. The Morgan fingerprint density at radius 2 is 1.60 bits per heavy atom. The van der Waals surface area contributed by atoms with E-state index in [0.29, 0.717) is 18.5 Å². The number of carbonyl (C=O) groups is 7. The van der Waals surface area contributed by atoms with Gasteiger partial charge < -0.3 is 35.8 Å². The number of nitrogens with one attached hydrogen (secondary N) is 4. The van der Waals surface area contributed by atoms with Crippen molar-refractivity contribution in [1.29, 1.82) is 0 Å². The Labute approximate surface area is 306 Å². The molecule has 4 unspecified atom stereocenters. The minimum Gasteiger partial charge on any atom is -0.444 e. The summed E-state index contributed by atoms with van der Waals surface area (Å²) in [7, 11) is 3.13. The number of amides is 6. The highest BCUT2D eigenvalue weighted by molar-refractivity contribution is 6.38. The van der Waals surface area contributed by atoms with Crippen molar-refractivity contribution in [3.05, 3.63) is 35.9 Å². The molecule has 1 aliphatic heterocycles. The number of hydrogen-bond donors (Lipinski definition) is 4. The second kappa shape index (κ2) is 16.5. The van der Waals surface area contributed by atoms with Crippen LogP contribution in [0.3, 0.4) is 0 Å². The quantitative estimate of drug-likeness (QED) is 0.211. The Morgan fingerprint density at radius 1 is 0.962 bits per heavy atom. The van der Waals surface area contributed by atoms with E-state index in [4.69, 9.17) is 4.74 Å². The van der Waals surface area contributed by atoms with Gasteiger partial charge in [0.1, 0.15) is 23.7 Å². The van der Waals surface area contributed by atoms with E-state index in [9.17, 15) is 33.6 Å². The van der Waals surface area contributed by atoms with Gasteiger partial charge in [0.15, 0.2) is 0 Å². The summed E-state index contributed by atoms with van der Waals surface area (Å²) < 4.78 is 5.48. The SMILES string of the molecule is CCCC(NC(=O)C1C2C(CN1C(=O)[C@@H](NC(=O)OC(C)(C)C)C1CCCC1)C2(C)C)C(=O)C(=O)NCC(=O)N[C@H](C(=O)N(C)C)c1ccccc1. The number of nitrogens with zero attached hydrogens (tertiary/aromatic N) is 2. The highest BCUT2D eigenvalue weighted by Gasteiger charge is 2.69. The van der Waals surface area contributed by atoms with Crippen LogP contribution in [0.1, 0.15) is 91.7 Å². The first-order valence-electron chi connectivity index (χ1n) is 18.3. The Balaban J connectivity index is 1.44. The van der Waals surface area contributed by atoms with Gasteiger partial charge in [-0.1, -0.05) is 70.4 Å². The van der Waals surface area contributed by atoms with E-state index < -0.39 is 65.9 Å². The van der Waals surface area contributed by atoms with Gasteiger partial charge in [-0.3, -0.25) is 28.8 Å². The van der Waals surface area contributed by atoms with Crippen molar-refractivity contribution < 1.29 is 38.3 Å². The van der Waals surface area contributed by atoms with Crippen LogP contribution < -0.4 is 21.3 Å². The van der Waals surface area contributed by atoms with Gasteiger partial charge in [-0.05, 0) is 68.8 Å². The number of Topliss-reactive ketones (excluding diaryl/α,β-unsaturated/α-hetero) is 1. The minimum absolute atomic E-state index is 0.0548. The summed E-state index contributed by atoms with van der Waals surface area (Å²) >= 11 is 0. The second-order valence-electron chi connectivity index (χ2n) is 16.1. The molecule has 6 amide bonds. The van der Waals surface area contributed by atoms with Crippen molar-refractivity contribution in [3.63, 3.8) is 0 Å². The second-order valence-corrected chi connectivity index (χ2v) is 16.1. The Bertz CT molecular complexity index is 1520. The van der Waals surface area contributed by atoms with Crippen LogP contribution in [0.15, 0.2) is 30.3 Å². The largest absolute Gasteiger partial charge is 0.444 e. The summed E-state index contributed by atoms with van der Waals surface area (Å²) in [5.74, 6) is -4.15. The first kappa shape index (κ1) is 40.3. The molecule has 3 aliphatic rings. The minimum atomic E-state index is -1.20. The molecule has 4 rings (SSSR count). The van der Waals surface area contributed by atoms with Crippen LogP contribution >= 0.6 is 0 Å². The maximum absolute atomic E-state index is 14.3. The normalized spacial score (nSPS) is 22.2. The zero-order chi connectivity index (χ0) is 38.5. The van der Waals surface area contributed by atoms with Crippen LogP contribution in [0.25, 0.3) is 0 Å². The van der Waals surface area contributed by atoms with Gasteiger partial charge in [-0.15, -0.1) is 0 Å². The third-order valence-electron chi connectivity index (χ3n) is 10.5. The lowest BCUT2D eigenvalue weighted by Gasteiger charge is -2.35. The molecule has 6 atom stereocenters. The van der Waals surface area contributed by atoms with Gasteiger partial charge in [0.05, 0.1) is 12.6 Å². The molecule has 4 N–H and O–H groups in total. The molecule has 286 valence electrons. The molecule has 3 fully saturated rings.